The summed E-state index contributed by atoms with van der Waals surface area (Å²) in [4.78, 5) is 31.0. The third-order valence-electron chi connectivity index (χ3n) is 5.11. The number of methoxy groups -OCH3 is 1. The van der Waals surface area contributed by atoms with Crippen molar-refractivity contribution in [3.63, 3.8) is 0 Å². The molecule has 1 aliphatic rings. The number of benzene rings is 1. The number of ether oxygens (including phenoxy) is 2. The summed E-state index contributed by atoms with van der Waals surface area (Å²) >= 11 is 1.48. The highest BCUT2D eigenvalue weighted by molar-refractivity contribution is 7.98. The van der Waals surface area contributed by atoms with Crippen LogP contribution in [0.3, 0.4) is 0 Å². The molecule has 1 N–H and O–H groups in total. The number of pyridine rings is 1. The Morgan fingerprint density at radius 2 is 1.87 bits per heavy atom. The summed E-state index contributed by atoms with van der Waals surface area (Å²) in [6.45, 7) is 1.94. The molecule has 1 aromatic carbocycles. The minimum absolute atomic E-state index is 0.0257. The zero-order valence-electron chi connectivity index (χ0n) is 17.3. The molecule has 8 heteroatoms. The number of likely N-dealkylation sites (tertiary alicyclic amines) is 1. The van der Waals surface area contributed by atoms with Crippen LogP contribution in [-0.4, -0.2) is 61.3 Å². The molecule has 30 heavy (non-hydrogen) atoms. The predicted octanol–water partition coefficient (Wildman–Crippen LogP) is 2.86. The van der Waals surface area contributed by atoms with E-state index in [1.807, 2.05) is 17.2 Å². The highest BCUT2D eigenvalue weighted by Crippen LogP contribution is 2.23. The van der Waals surface area contributed by atoms with Crippen LogP contribution in [0.4, 0.5) is 0 Å². The van der Waals surface area contributed by atoms with E-state index in [1.165, 1.54) is 11.8 Å². The second-order valence-electron chi connectivity index (χ2n) is 7.06. The first-order valence-electron chi connectivity index (χ1n) is 9.92. The summed E-state index contributed by atoms with van der Waals surface area (Å²) < 4.78 is 10.6. The van der Waals surface area contributed by atoms with E-state index < -0.39 is 0 Å². The summed E-state index contributed by atoms with van der Waals surface area (Å²) in [5.74, 6) is 1.60. The fourth-order valence-corrected chi connectivity index (χ4v) is 3.90. The van der Waals surface area contributed by atoms with Gasteiger partial charge >= 0.3 is 0 Å². The first-order valence-corrected chi connectivity index (χ1v) is 11.1. The lowest BCUT2D eigenvalue weighted by Crippen LogP contribution is -2.42. The van der Waals surface area contributed by atoms with Gasteiger partial charge in [-0.25, -0.2) is 4.98 Å². The van der Waals surface area contributed by atoms with Crippen LogP contribution in [0.15, 0.2) is 47.6 Å². The number of piperidine rings is 1. The van der Waals surface area contributed by atoms with Gasteiger partial charge in [0.25, 0.3) is 11.8 Å². The molecule has 160 valence electrons. The van der Waals surface area contributed by atoms with E-state index in [9.17, 15) is 9.59 Å². The number of rotatable bonds is 8. The maximum Gasteiger partial charge on any atom is 0.257 e. The Kier molecular flexibility index (Phi) is 7.96. The molecule has 1 aliphatic heterocycles. The van der Waals surface area contributed by atoms with Crippen molar-refractivity contribution in [1.29, 1.82) is 0 Å². The normalized spacial score (nSPS) is 14.3. The van der Waals surface area contributed by atoms with Crippen LogP contribution in [0.2, 0.25) is 0 Å². The van der Waals surface area contributed by atoms with Crippen LogP contribution >= 0.6 is 11.8 Å². The lowest BCUT2D eigenvalue weighted by Gasteiger charge is -2.32. The van der Waals surface area contributed by atoms with E-state index in [0.717, 1.165) is 23.6 Å². The standard InChI is InChI=1S/C22H27N3O4S/c1-28-17-5-7-18(8-6-17)29-15-20(26)24-14-16-9-12-25(13-10-16)22(27)19-4-3-11-23-21(19)30-2/h3-8,11,16H,9-10,12-15H2,1-2H3,(H,24,26). The molecule has 0 radical (unpaired) electrons. The summed E-state index contributed by atoms with van der Waals surface area (Å²) in [6.07, 6.45) is 5.35. The number of carbonyl (C=O) groups excluding carboxylic acids is 2. The molecule has 0 aliphatic carbocycles. The predicted molar refractivity (Wildman–Crippen MR) is 116 cm³/mol. The average Bonchev–Trinajstić information content (AvgIpc) is 2.81. The van der Waals surface area contributed by atoms with Crippen LogP contribution in [0.25, 0.3) is 0 Å². The number of carbonyl (C=O) groups is 2. The Morgan fingerprint density at radius 1 is 1.17 bits per heavy atom. The van der Waals surface area contributed by atoms with Crippen LogP contribution in [0, 0.1) is 5.92 Å². The van der Waals surface area contributed by atoms with Gasteiger partial charge in [-0.05, 0) is 61.4 Å². The van der Waals surface area contributed by atoms with Crippen molar-refractivity contribution >= 4 is 23.6 Å². The van der Waals surface area contributed by atoms with Crippen molar-refractivity contribution < 1.29 is 19.1 Å². The summed E-state index contributed by atoms with van der Waals surface area (Å²) in [5.41, 5.74) is 0.660. The van der Waals surface area contributed by atoms with Crippen molar-refractivity contribution in [3.05, 3.63) is 48.2 Å². The van der Waals surface area contributed by atoms with E-state index in [4.69, 9.17) is 9.47 Å². The molecule has 1 fully saturated rings. The topological polar surface area (TPSA) is 80.8 Å². The minimum Gasteiger partial charge on any atom is -0.497 e. The van der Waals surface area contributed by atoms with Crippen molar-refractivity contribution in [3.8, 4) is 11.5 Å². The first-order chi connectivity index (χ1) is 14.6. The van der Waals surface area contributed by atoms with Gasteiger partial charge in [0, 0.05) is 25.8 Å². The number of hydrogen-bond donors (Lipinski definition) is 1. The van der Waals surface area contributed by atoms with Gasteiger partial charge in [0.2, 0.25) is 0 Å². The van der Waals surface area contributed by atoms with Gasteiger partial charge in [-0.3, -0.25) is 9.59 Å². The fraction of sp³-hybridized carbons (Fsp3) is 0.409. The number of amides is 2. The molecule has 1 saturated heterocycles. The van der Waals surface area contributed by atoms with Gasteiger partial charge < -0.3 is 19.7 Å². The Morgan fingerprint density at radius 3 is 2.53 bits per heavy atom. The number of nitrogens with one attached hydrogen (secondary N) is 1. The van der Waals surface area contributed by atoms with Gasteiger partial charge in [0.05, 0.1) is 12.7 Å². The third-order valence-corrected chi connectivity index (χ3v) is 5.83. The van der Waals surface area contributed by atoms with Crippen LogP contribution in [-0.2, 0) is 4.79 Å². The molecule has 2 aromatic rings. The smallest absolute Gasteiger partial charge is 0.257 e. The van der Waals surface area contributed by atoms with Crippen molar-refractivity contribution in [2.75, 3.05) is 39.6 Å². The largest absolute Gasteiger partial charge is 0.497 e. The quantitative estimate of drug-likeness (QED) is 0.650. The van der Waals surface area contributed by atoms with Gasteiger partial charge in [-0.1, -0.05) is 0 Å². The summed E-state index contributed by atoms with van der Waals surface area (Å²) in [5, 5.41) is 3.69. The zero-order chi connectivity index (χ0) is 21.3. The Bertz CT molecular complexity index is 852. The fourth-order valence-electron chi connectivity index (χ4n) is 3.36. The van der Waals surface area contributed by atoms with Crippen molar-refractivity contribution in [2.24, 2.45) is 5.92 Å². The first kappa shape index (κ1) is 22.0. The van der Waals surface area contributed by atoms with E-state index in [2.05, 4.69) is 10.3 Å². The number of hydrogen-bond acceptors (Lipinski definition) is 6. The maximum absolute atomic E-state index is 12.8. The van der Waals surface area contributed by atoms with Crippen molar-refractivity contribution in [1.82, 2.24) is 15.2 Å². The second-order valence-corrected chi connectivity index (χ2v) is 7.86. The molecule has 1 aromatic heterocycles. The van der Waals surface area contributed by atoms with Crippen molar-refractivity contribution in [2.45, 2.75) is 17.9 Å². The Balaban J connectivity index is 1.39. The molecule has 0 unspecified atom stereocenters. The third kappa shape index (κ3) is 5.89. The monoisotopic (exact) mass is 429 g/mol. The lowest BCUT2D eigenvalue weighted by molar-refractivity contribution is -0.123. The lowest BCUT2D eigenvalue weighted by atomic mass is 9.96. The molecule has 0 saturated carbocycles. The zero-order valence-corrected chi connectivity index (χ0v) is 18.1. The number of nitrogens with zero attached hydrogens (tertiary/aromatic N) is 2. The van der Waals surface area contributed by atoms with Crippen LogP contribution < -0.4 is 14.8 Å². The van der Waals surface area contributed by atoms with Gasteiger partial charge in [0.15, 0.2) is 6.61 Å². The molecule has 7 nitrogen and oxygen atoms in total. The average molecular weight is 430 g/mol. The SMILES string of the molecule is COc1ccc(OCC(=O)NCC2CCN(C(=O)c3cccnc3SC)CC2)cc1. The molecule has 0 spiro atoms. The van der Waals surface area contributed by atoms with Gasteiger partial charge in [-0.2, -0.15) is 0 Å². The number of thioether (sulfide) groups is 1. The molecule has 2 heterocycles. The second kappa shape index (κ2) is 10.9. The van der Waals surface area contributed by atoms with E-state index >= 15 is 0 Å². The minimum atomic E-state index is -0.149. The molecule has 0 bridgehead atoms. The summed E-state index contributed by atoms with van der Waals surface area (Å²) in [7, 11) is 1.60. The Hall–Kier alpha value is -2.74. The molecular formula is C22H27N3O4S. The van der Waals surface area contributed by atoms with Gasteiger partial charge in [-0.15, -0.1) is 11.8 Å². The Labute approximate surface area is 181 Å². The van der Waals surface area contributed by atoms with E-state index in [-0.39, 0.29) is 18.4 Å². The molecule has 3 rings (SSSR count). The van der Waals surface area contributed by atoms with Gasteiger partial charge in [0.1, 0.15) is 16.5 Å². The highest BCUT2D eigenvalue weighted by Gasteiger charge is 2.25. The van der Waals surface area contributed by atoms with E-state index in [1.54, 1.807) is 43.6 Å². The molecular weight excluding hydrogens is 402 g/mol. The molecule has 0 atom stereocenters. The highest BCUT2D eigenvalue weighted by atomic mass is 32.2. The van der Waals surface area contributed by atoms with E-state index in [0.29, 0.717) is 36.9 Å². The summed E-state index contributed by atoms with van der Waals surface area (Å²) in [6, 6.07) is 10.7. The van der Waals surface area contributed by atoms with Crippen LogP contribution in [0.1, 0.15) is 23.2 Å². The maximum atomic E-state index is 12.8. The number of aromatic nitrogens is 1. The van der Waals surface area contributed by atoms with Crippen LogP contribution in [0.5, 0.6) is 11.5 Å². The molecule has 2 amide bonds.